The van der Waals surface area contributed by atoms with Gasteiger partial charge in [-0.25, -0.2) is 5.43 Å². The number of carbonyl (C=O) groups excluding carboxylic acids is 3. The number of nitrogens with zero attached hydrogens (tertiary/aromatic N) is 1. The Hall–Kier alpha value is -4.86. The summed E-state index contributed by atoms with van der Waals surface area (Å²) in [4.78, 5) is 36.4. The van der Waals surface area contributed by atoms with Crippen LogP contribution in [0, 0.1) is 13.8 Å². The largest absolute Gasteiger partial charge is 0.484 e. The zero-order valence-corrected chi connectivity index (χ0v) is 20.4. The third-order valence-corrected chi connectivity index (χ3v) is 5.58. The number of hydrogen-bond donors (Lipinski definition) is 3. The number of amides is 3. The van der Waals surface area contributed by atoms with Gasteiger partial charge in [0.2, 0.25) is 6.79 Å². The Morgan fingerprint density at radius 2 is 1.78 bits per heavy atom. The van der Waals surface area contributed by atoms with Gasteiger partial charge >= 0.3 is 11.8 Å². The average Bonchev–Trinajstić information content (AvgIpc) is 3.37. The smallest absolute Gasteiger partial charge is 0.329 e. The van der Waals surface area contributed by atoms with Gasteiger partial charge in [-0.2, -0.15) is 5.10 Å². The van der Waals surface area contributed by atoms with Crippen molar-refractivity contribution in [1.29, 1.82) is 0 Å². The van der Waals surface area contributed by atoms with E-state index in [0.29, 0.717) is 22.8 Å². The van der Waals surface area contributed by atoms with Gasteiger partial charge < -0.3 is 24.8 Å². The van der Waals surface area contributed by atoms with Crippen LogP contribution in [0.25, 0.3) is 0 Å². The number of fused-ring (bicyclic) bond motifs is 1. The summed E-state index contributed by atoms with van der Waals surface area (Å²) in [6.45, 7) is 4.04. The quantitative estimate of drug-likeness (QED) is 0.247. The summed E-state index contributed by atoms with van der Waals surface area (Å²) in [6, 6.07) is 17.7. The summed E-state index contributed by atoms with van der Waals surface area (Å²) < 4.78 is 16.1. The molecule has 190 valence electrons. The third-order valence-electron chi connectivity index (χ3n) is 5.58. The fourth-order valence-corrected chi connectivity index (χ4v) is 3.44. The number of anilines is 1. The zero-order valence-electron chi connectivity index (χ0n) is 20.4. The van der Waals surface area contributed by atoms with Crippen molar-refractivity contribution in [2.24, 2.45) is 5.10 Å². The predicted molar refractivity (Wildman–Crippen MR) is 137 cm³/mol. The van der Waals surface area contributed by atoms with Gasteiger partial charge in [-0.05, 0) is 66.4 Å². The molecule has 10 nitrogen and oxygen atoms in total. The van der Waals surface area contributed by atoms with Crippen LogP contribution >= 0.6 is 0 Å². The van der Waals surface area contributed by atoms with Crippen molar-refractivity contribution in [3.8, 4) is 17.2 Å². The summed E-state index contributed by atoms with van der Waals surface area (Å²) >= 11 is 0. The summed E-state index contributed by atoms with van der Waals surface area (Å²) in [5.41, 5.74) is 6.37. The second kappa shape index (κ2) is 11.7. The van der Waals surface area contributed by atoms with Crippen LogP contribution in [0.5, 0.6) is 17.2 Å². The molecule has 4 rings (SSSR count). The third kappa shape index (κ3) is 6.85. The summed E-state index contributed by atoms with van der Waals surface area (Å²) in [7, 11) is 0. The molecule has 0 bridgehead atoms. The molecule has 37 heavy (non-hydrogen) atoms. The molecule has 0 aliphatic carbocycles. The average molecular weight is 503 g/mol. The minimum Gasteiger partial charge on any atom is -0.484 e. The lowest BCUT2D eigenvalue weighted by Crippen LogP contribution is -2.37. The fourth-order valence-electron chi connectivity index (χ4n) is 3.44. The second-order valence-electron chi connectivity index (χ2n) is 8.23. The topological polar surface area (TPSA) is 127 Å². The second-order valence-corrected chi connectivity index (χ2v) is 8.23. The van der Waals surface area contributed by atoms with E-state index in [4.69, 9.17) is 14.2 Å². The van der Waals surface area contributed by atoms with E-state index in [0.717, 1.165) is 22.4 Å². The molecule has 0 saturated heterocycles. The minimum atomic E-state index is -0.910. The molecule has 0 aromatic heterocycles. The Kier molecular flexibility index (Phi) is 7.99. The van der Waals surface area contributed by atoms with Crippen molar-refractivity contribution < 1.29 is 28.6 Å². The summed E-state index contributed by atoms with van der Waals surface area (Å²) in [5.74, 6) is -0.347. The molecule has 1 aliphatic rings. The normalized spacial score (nSPS) is 11.7. The summed E-state index contributed by atoms with van der Waals surface area (Å²) in [5, 5.41) is 9.18. The number of hydrazone groups is 1. The number of benzene rings is 3. The van der Waals surface area contributed by atoms with Crippen LogP contribution in [-0.4, -0.2) is 37.3 Å². The Morgan fingerprint density at radius 1 is 0.973 bits per heavy atom. The predicted octanol–water partition coefficient (Wildman–Crippen LogP) is 2.82. The molecule has 1 aliphatic heterocycles. The van der Waals surface area contributed by atoms with Crippen molar-refractivity contribution in [1.82, 2.24) is 10.7 Å². The number of ether oxygens (including phenoxy) is 3. The van der Waals surface area contributed by atoms with Crippen LogP contribution in [-0.2, 0) is 20.9 Å². The highest BCUT2D eigenvalue weighted by molar-refractivity contribution is 6.35. The maximum Gasteiger partial charge on any atom is 0.329 e. The van der Waals surface area contributed by atoms with Crippen molar-refractivity contribution in [3.63, 3.8) is 0 Å². The van der Waals surface area contributed by atoms with Crippen LogP contribution in [0.3, 0.4) is 0 Å². The van der Waals surface area contributed by atoms with Gasteiger partial charge in [-0.15, -0.1) is 0 Å². The van der Waals surface area contributed by atoms with E-state index in [2.05, 4.69) is 21.2 Å². The van der Waals surface area contributed by atoms with Crippen LogP contribution in [0.1, 0.15) is 22.3 Å². The van der Waals surface area contributed by atoms with Crippen molar-refractivity contribution in [2.75, 3.05) is 18.7 Å². The molecular weight excluding hydrogens is 476 g/mol. The van der Waals surface area contributed by atoms with E-state index in [-0.39, 0.29) is 25.9 Å². The van der Waals surface area contributed by atoms with Crippen molar-refractivity contribution in [3.05, 3.63) is 82.9 Å². The number of aryl methyl sites for hydroxylation is 1. The van der Waals surface area contributed by atoms with Crippen molar-refractivity contribution in [2.45, 2.75) is 20.4 Å². The van der Waals surface area contributed by atoms with Crippen LogP contribution in [0.15, 0.2) is 65.8 Å². The maximum atomic E-state index is 12.3. The molecule has 3 aromatic rings. The standard InChI is InChI=1S/C27H26N4O6/c1-17-5-3-8-22(18(17)2)30-25(32)15-35-21-7-4-6-19(11-21)14-29-31-27(34)26(33)28-13-20-9-10-23-24(12-20)37-16-36-23/h3-12,14H,13,15-16H2,1-2H3,(H,28,33)(H,30,32)(H,31,34)/b29-14-. The number of rotatable bonds is 8. The highest BCUT2D eigenvalue weighted by atomic mass is 16.7. The SMILES string of the molecule is Cc1cccc(NC(=O)COc2cccc(/C=N\NC(=O)C(=O)NCc3ccc4c(c3)OCO4)c2)c1C. The Bertz CT molecular complexity index is 1350. The van der Waals surface area contributed by atoms with Crippen LogP contribution < -0.4 is 30.3 Å². The van der Waals surface area contributed by atoms with E-state index in [1.807, 2.05) is 32.0 Å². The Balaban J connectivity index is 1.22. The van der Waals surface area contributed by atoms with Gasteiger partial charge in [-0.1, -0.05) is 30.3 Å². The zero-order chi connectivity index (χ0) is 26.2. The molecule has 3 amide bonds. The van der Waals surface area contributed by atoms with Gasteiger partial charge in [0, 0.05) is 12.2 Å². The first-order valence-corrected chi connectivity index (χ1v) is 11.5. The number of hydrogen-bond acceptors (Lipinski definition) is 7. The maximum absolute atomic E-state index is 12.3. The van der Waals surface area contributed by atoms with Gasteiger partial charge in [0.25, 0.3) is 5.91 Å². The molecule has 1 heterocycles. The highest BCUT2D eigenvalue weighted by Gasteiger charge is 2.15. The first-order chi connectivity index (χ1) is 17.9. The monoisotopic (exact) mass is 502 g/mol. The lowest BCUT2D eigenvalue weighted by molar-refractivity contribution is -0.139. The van der Waals surface area contributed by atoms with E-state index >= 15 is 0 Å². The van der Waals surface area contributed by atoms with E-state index < -0.39 is 11.8 Å². The van der Waals surface area contributed by atoms with E-state index in [9.17, 15) is 14.4 Å². The number of nitrogens with one attached hydrogen (secondary N) is 3. The van der Waals surface area contributed by atoms with Gasteiger partial charge in [0.15, 0.2) is 18.1 Å². The molecule has 0 spiro atoms. The highest BCUT2D eigenvalue weighted by Crippen LogP contribution is 2.32. The molecule has 10 heteroatoms. The molecule has 0 radical (unpaired) electrons. The fraction of sp³-hybridized carbons (Fsp3) is 0.185. The molecule has 0 atom stereocenters. The van der Waals surface area contributed by atoms with E-state index in [1.54, 1.807) is 42.5 Å². The molecule has 0 unspecified atom stereocenters. The summed E-state index contributed by atoms with van der Waals surface area (Å²) in [6.07, 6.45) is 1.37. The van der Waals surface area contributed by atoms with Gasteiger partial charge in [0.05, 0.1) is 6.21 Å². The van der Waals surface area contributed by atoms with Gasteiger partial charge in [-0.3, -0.25) is 14.4 Å². The lowest BCUT2D eigenvalue weighted by Gasteiger charge is -2.11. The molecule has 0 saturated carbocycles. The Morgan fingerprint density at radius 3 is 2.65 bits per heavy atom. The first-order valence-electron chi connectivity index (χ1n) is 11.5. The minimum absolute atomic E-state index is 0.142. The number of carbonyl (C=O) groups is 3. The Labute approximate surface area is 213 Å². The van der Waals surface area contributed by atoms with Gasteiger partial charge in [0.1, 0.15) is 5.75 Å². The van der Waals surface area contributed by atoms with Crippen LogP contribution in [0.4, 0.5) is 5.69 Å². The molecule has 3 N–H and O–H groups in total. The first kappa shape index (κ1) is 25.2. The molecular formula is C27H26N4O6. The van der Waals surface area contributed by atoms with Crippen molar-refractivity contribution >= 4 is 29.6 Å². The molecule has 0 fully saturated rings. The van der Waals surface area contributed by atoms with E-state index in [1.165, 1.54) is 6.21 Å². The van der Waals surface area contributed by atoms with Crippen LogP contribution in [0.2, 0.25) is 0 Å². The molecule has 3 aromatic carbocycles. The lowest BCUT2D eigenvalue weighted by atomic mass is 10.1.